The number of cyclic esters (lactones) is 4. The van der Waals surface area contributed by atoms with Gasteiger partial charge in [0.1, 0.15) is 0 Å². The SMILES string of the molecule is CCCCC/C=C/C(CC(CCCCCCC)C1CC(=O)OC1=O)C(/C=C/CCCCC)CC(CCCCCCC)C1CC(=O)OC1=O. The first-order valence-corrected chi connectivity index (χ1v) is 20.2. The second-order valence-electron chi connectivity index (χ2n) is 14.8. The first-order valence-electron chi connectivity index (χ1n) is 20.2. The van der Waals surface area contributed by atoms with Crippen LogP contribution in [0.2, 0.25) is 0 Å². The van der Waals surface area contributed by atoms with Crippen LogP contribution in [0.4, 0.5) is 0 Å². The van der Waals surface area contributed by atoms with E-state index in [1.807, 2.05) is 0 Å². The van der Waals surface area contributed by atoms with Crippen LogP contribution in [-0.2, 0) is 28.7 Å². The lowest BCUT2D eigenvalue weighted by Crippen LogP contribution is -2.28. The summed E-state index contributed by atoms with van der Waals surface area (Å²) in [5, 5.41) is 0. The molecule has 0 amide bonds. The highest BCUT2D eigenvalue weighted by Crippen LogP contribution is 2.41. The van der Waals surface area contributed by atoms with Crippen LogP contribution in [0.3, 0.4) is 0 Å². The van der Waals surface area contributed by atoms with E-state index < -0.39 is 11.9 Å². The maximum absolute atomic E-state index is 13.0. The average Bonchev–Trinajstić information content (AvgIpc) is 3.59. The molecule has 2 fully saturated rings. The second kappa shape index (κ2) is 25.7. The van der Waals surface area contributed by atoms with Crippen molar-refractivity contribution in [1.29, 1.82) is 0 Å². The number of unbranched alkanes of at least 4 members (excludes halogenated alkanes) is 14. The summed E-state index contributed by atoms with van der Waals surface area (Å²) in [5.74, 6) is -1.81. The third-order valence-electron chi connectivity index (χ3n) is 10.7. The van der Waals surface area contributed by atoms with Gasteiger partial charge in [-0.2, -0.15) is 0 Å². The molecule has 2 aliphatic rings. The summed E-state index contributed by atoms with van der Waals surface area (Å²) in [4.78, 5) is 50.5. The van der Waals surface area contributed by atoms with Crippen LogP contribution in [0, 0.1) is 35.5 Å². The third kappa shape index (κ3) is 16.4. The van der Waals surface area contributed by atoms with Crippen LogP contribution in [0.15, 0.2) is 24.3 Å². The zero-order valence-corrected chi connectivity index (χ0v) is 31.2. The van der Waals surface area contributed by atoms with Crippen LogP contribution < -0.4 is 0 Å². The van der Waals surface area contributed by atoms with Gasteiger partial charge in [0.05, 0.1) is 24.7 Å². The number of hydrogen-bond donors (Lipinski definition) is 0. The summed E-state index contributed by atoms with van der Waals surface area (Å²) >= 11 is 0. The number of esters is 4. The number of carbonyl (C=O) groups is 4. The van der Waals surface area contributed by atoms with Crippen LogP contribution in [0.1, 0.15) is 182 Å². The molecule has 2 heterocycles. The molecule has 274 valence electrons. The zero-order chi connectivity index (χ0) is 35.0. The largest absolute Gasteiger partial charge is 0.393 e. The summed E-state index contributed by atoms with van der Waals surface area (Å²) in [6.45, 7) is 8.88. The van der Waals surface area contributed by atoms with Crippen LogP contribution in [0.5, 0.6) is 0 Å². The van der Waals surface area contributed by atoms with Gasteiger partial charge in [0.15, 0.2) is 0 Å². The highest BCUT2D eigenvalue weighted by atomic mass is 16.6. The fourth-order valence-corrected chi connectivity index (χ4v) is 7.75. The zero-order valence-electron chi connectivity index (χ0n) is 31.2. The Morgan fingerprint density at radius 2 is 0.875 bits per heavy atom. The maximum Gasteiger partial charge on any atom is 0.317 e. The van der Waals surface area contributed by atoms with Crippen molar-refractivity contribution >= 4 is 23.9 Å². The number of carbonyl (C=O) groups excluding carboxylic acids is 4. The summed E-state index contributed by atoms with van der Waals surface area (Å²) in [6.07, 6.45) is 33.9. The van der Waals surface area contributed by atoms with E-state index >= 15 is 0 Å². The second-order valence-corrected chi connectivity index (χ2v) is 14.8. The quantitative estimate of drug-likeness (QED) is 0.0341. The Morgan fingerprint density at radius 3 is 1.21 bits per heavy atom. The molecule has 0 aromatic rings. The van der Waals surface area contributed by atoms with Crippen molar-refractivity contribution in [3.8, 4) is 0 Å². The van der Waals surface area contributed by atoms with E-state index in [4.69, 9.17) is 9.47 Å². The van der Waals surface area contributed by atoms with Gasteiger partial charge in [-0.1, -0.05) is 142 Å². The van der Waals surface area contributed by atoms with E-state index in [1.165, 1.54) is 64.2 Å². The van der Waals surface area contributed by atoms with Crippen molar-refractivity contribution in [2.45, 2.75) is 182 Å². The number of allylic oxidation sites excluding steroid dienone is 4. The van der Waals surface area contributed by atoms with Gasteiger partial charge in [-0.15, -0.1) is 0 Å². The van der Waals surface area contributed by atoms with Gasteiger partial charge in [-0.05, 0) is 75.0 Å². The number of hydrogen-bond acceptors (Lipinski definition) is 6. The minimum atomic E-state index is -0.396. The Morgan fingerprint density at radius 1 is 0.521 bits per heavy atom. The normalized spacial score (nSPS) is 20.9. The molecule has 0 N–H and O–H groups in total. The van der Waals surface area contributed by atoms with Crippen LogP contribution in [-0.4, -0.2) is 23.9 Å². The standard InChI is InChI=1S/C42H70O6/c1-5-9-13-17-21-25-33(29-35(27-23-19-15-11-7-3)37-31-39(43)47-41(37)45)34(26-22-18-14-10-6-2)30-36(28-24-20-16-12-8-4)38-32-40(44)48-42(38)46/h21-22,25-26,33-38H,5-20,23-24,27-32H2,1-4H3/b25-21+,26-22+. The molecule has 0 radical (unpaired) electrons. The molecular weight excluding hydrogens is 600 g/mol. The number of rotatable bonds is 29. The monoisotopic (exact) mass is 671 g/mol. The molecule has 0 bridgehead atoms. The predicted octanol–water partition coefficient (Wildman–Crippen LogP) is 11.4. The minimum absolute atomic E-state index is 0.0670. The molecule has 6 atom stereocenters. The fourth-order valence-electron chi connectivity index (χ4n) is 7.75. The van der Waals surface area contributed by atoms with E-state index in [2.05, 4.69) is 52.0 Å². The molecule has 2 aliphatic heterocycles. The smallest absolute Gasteiger partial charge is 0.317 e. The Bertz CT molecular complexity index is 905. The molecule has 0 aromatic carbocycles. The molecule has 2 rings (SSSR count). The van der Waals surface area contributed by atoms with Crippen molar-refractivity contribution in [3.63, 3.8) is 0 Å². The first-order chi connectivity index (χ1) is 23.3. The molecule has 48 heavy (non-hydrogen) atoms. The summed E-state index contributed by atoms with van der Waals surface area (Å²) in [6, 6.07) is 0. The van der Waals surface area contributed by atoms with Crippen molar-refractivity contribution in [2.75, 3.05) is 0 Å². The van der Waals surface area contributed by atoms with Crippen LogP contribution >= 0.6 is 0 Å². The lowest BCUT2D eigenvalue weighted by molar-refractivity contribution is -0.155. The minimum Gasteiger partial charge on any atom is -0.393 e. The van der Waals surface area contributed by atoms with E-state index in [0.29, 0.717) is 0 Å². The van der Waals surface area contributed by atoms with Gasteiger partial charge in [-0.25, -0.2) is 0 Å². The highest BCUT2D eigenvalue weighted by Gasteiger charge is 2.42. The fraction of sp³-hybridized carbons (Fsp3) is 0.810. The molecule has 6 nitrogen and oxygen atoms in total. The van der Waals surface area contributed by atoms with Crippen molar-refractivity contribution < 1.29 is 28.7 Å². The van der Waals surface area contributed by atoms with Crippen molar-refractivity contribution in [2.24, 2.45) is 35.5 Å². The summed E-state index contributed by atoms with van der Waals surface area (Å²) in [5.41, 5.74) is 0. The van der Waals surface area contributed by atoms with Gasteiger partial charge in [0, 0.05) is 0 Å². The van der Waals surface area contributed by atoms with E-state index in [1.54, 1.807) is 0 Å². The molecule has 6 unspecified atom stereocenters. The maximum atomic E-state index is 13.0. The Labute approximate surface area is 293 Å². The van der Waals surface area contributed by atoms with Gasteiger partial charge in [0.2, 0.25) is 0 Å². The van der Waals surface area contributed by atoms with E-state index in [9.17, 15) is 19.2 Å². The van der Waals surface area contributed by atoms with Crippen molar-refractivity contribution in [1.82, 2.24) is 0 Å². The molecule has 0 aromatic heterocycles. The Balaban J connectivity index is 2.43. The summed E-state index contributed by atoms with van der Waals surface area (Å²) < 4.78 is 10.2. The third-order valence-corrected chi connectivity index (χ3v) is 10.7. The van der Waals surface area contributed by atoms with E-state index in [0.717, 1.165) is 77.0 Å². The Hall–Kier alpha value is -2.24. The van der Waals surface area contributed by atoms with Gasteiger partial charge in [0.25, 0.3) is 0 Å². The molecule has 6 heteroatoms. The first kappa shape index (κ1) is 41.9. The predicted molar refractivity (Wildman–Crippen MR) is 195 cm³/mol. The van der Waals surface area contributed by atoms with Crippen molar-refractivity contribution in [3.05, 3.63) is 24.3 Å². The Kier molecular flexibility index (Phi) is 22.4. The van der Waals surface area contributed by atoms with Crippen LogP contribution in [0.25, 0.3) is 0 Å². The van der Waals surface area contributed by atoms with Gasteiger partial charge >= 0.3 is 23.9 Å². The molecule has 2 saturated heterocycles. The molecule has 0 spiro atoms. The summed E-state index contributed by atoms with van der Waals surface area (Å²) in [7, 11) is 0. The molecular formula is C42H70O6. The van der Waals surface area contributed by atoms with Gasteiger partial charge in [-0.3, -0.25) is 19.2 Å². The lowest BCUT2D eigenvalue weighted by Gasteiger charge is -2.32. The average molecular weight is 671 g/mol. The molecule has 0 aliphatic carbocycles. The highest BCUT2D eigenvalue weighted by molar-refractivity contribution is 5.95. The molecule has 0 saturated carbocycles. The van der Waals surface area contributed by atoms with E-state index in [-0.39, 0.29) is 60.3 Å². The number of ether oxygens (including phenoxy) is 2. The topological polar surface area (TPSA) is 86.7 Å². The van der Waals surface area contributed by atoms with Gasteiger partial charge < -0.3 is 9.47 Å². The lowest BCUT2D eigenvalue weighted by atomic mass is 9.71.